The second-order valence-electron chi connectivity index (χ2n) is 7.23. The topological polar surface area (TPSA) is 63.3 Å². The van der Waals surface area contributed by atoms with Crippen LogP contribution in [-0.2, 0) is 17.8 Å². The molecule has 0 saturated carbocycles. The Morgan fingerprint density at radius 2 is 2.08 bits per heavy atom. The zero-order chi connectivity index (χ0) is 18.1. The predicted molar refractivity (Wildman–Crippen MR) is 100 cm³/mol. The Morgan fingerprint density at radius 3 is 2.92 bits per heavy atom. The molecule has 1 aliphatic rings. The number of nitrogens with one attached hydrogen (secondary N) is 2. The molecule has 0 aliphatic carbocycles. The fourth-order valence-corrected chi connectivity index (χ4v) is 3.32. The van der Waals surface area contributed by atoms with Crippen LogP contribution in [0.15, 0.2) is 48.5 Å². The second-order valence-corrected chi connectivity index (χ2v) is 7.23. The van der Waals surface area contributed by atoms with Crippen molar-refractivity contribution in [3.05, 3.63) is 59.8 Å². The Balaban J connectivity index is 1.34. The lowest BCUT2D eigenvalue weighted by atomic mass is 10.0. The van der Waals surface area contributed by atoms with Crippen molar-refractivity contribution in [2.45, 2.75) is 32.4 Å². The average Bonchev–Trinajstić information content (AvgIpc) is 3.16. The van der Waals surface area contributed by atoms with Gasteiger partial charge in [0.25, 0.3) is 5.91 Å². The van der Waals surface area contributed by atoms with Gasteiger partial charge in [0.1, 0.15) is 5.60 Å². The number of hydrogen-bond donors (Lipinski definition) is 2. The molecule has 0 saturated heterocycles. The van der Waals surface area contributed by atoms with Gasteiger partial charge in [0, 0.05) is 23.2 Å². The second kappa shape index (κ2) is 6.41. The molecule has 5 nitrogen and oxygen atoms in total. The maximum atomic E-state index is 12.1. The standard InChI is InChI=1S/C21H22N2O3/c1-21(2)11-15-7-5-9-18(20(15)26-21)25-13-19(24)22-12-16-10-14-6-3-4-8-17(14)23-16/h3-10,23H,11-13H2,1-2H3,(H,22,24). The number of aromatic nitrogens is 1. The zero-order valence-electron chi connectivity index (χ0n) is 15.0. The zero-order valence-corrected chi connectivity index (χ0v) is 15.0. The maximum absolute atomic E-state index is 12.1. The third-order valence-electron chi connectivity index (χ3n) is 4.48. The third-order valence-corrected chi connectivity index (χ3v) is 4.48. The normalized spacial score (nSPS) is 14.7. The van der Waals surface area contributed by atoms with Gasteiger partial charge >= 0.3 is 0 Å². The number of ether oxygens (including phenoxy) is 2. The van der Waals surface area contributed by atoms with Crippen LogP contribution in [0.3, 0.4) is 0 Å². The maximum Gasteiger partial charge on any atom is 0.258 e. The fraction of sp³-hybridized carbons (Fsp3) is 0.286. The molecule has 1 aromatic heterocycles. The Hall–Kier alpha value is -2.95. The van der Waals surface area contributed by atoms with Gasteiger partial charge in [-0.15, -0.1) is 0 Å². The van der Waals surface area contributed by atoms with Crippen molar-refractivity contribution >= 4 is 16.8 Å². The summed E-state index contributed by atoms with van der Waals surface area (Å²) in [7, 11) is 0. The number of H-pyrrole nitrogens is 1. The van der Waals surface area contributed by atoms with E-state index in [0.717, 1.165) is 34.3 Å². The van der Waals surface area contributed by atoms with E-state index in [9.17, 15) is 4.79 Å². The molecule has 3 aromatic rings. The monoisotopic (exact) mass is 350 g/mol. The molecule has 0 unspecified atom stereocenters. The van der Waals surface area contributed by atoms with E-state index in [-0.39, 0.29) is 18.1 Å². The van der Waals surface area contributed by atoms with Crippen LogP contribution in [0, 0.1) is 0 Å². The van der Waals surface area contributed by atoms with Crippen LogP contribution in [0.4, 0.5) is 0 Å². The number of aromatic amines is 1. The molecule has 4 rings (SSSR count). The summed E-state index contributed by atoms with van der Waals surface area (Å²) in [4.78, 5) is 15.4. The van der Waals surface area contributed by atoms with Crippen molar-refractivity contribution < 1.29 is 14.3 Å². The van der Waals surface area contributed by atoms with Crippen LogP contribution in [0.1, 0.15) is 25.1 Å². The van der Waals surface area contributed by atoms with Crippen LogP contribution in [0.2, 0.25) is 0 Å². The highest BCUT2D eigenvalue weighted by Gasteiger charge is 2.32. The minimum absolute atomic E-state index is 0.0412. The van der Waals surface area contributed by atoms with E-state index >= 15 is 0 Å². The van der Waals surface area contributed by atoms with E-state index in [1.807, 2.05) is 62.4 Å². The fourth-order valence-electron chi connectivity index (χ4n) is 3.32. The molecule has 0 spiro atoms. The van der Waals surface area contributed by atoms with Gasteiger partial charge < -0.3 is 19.8 Å². The van der Waals surface area contributed by atoms with E-state index < -0.39 is 0 Å². The SMILES string of the molecule is CC1(C)Cc2cccc(OCC(=O)NCc3cc4ccccc4[nH]3)c2O1. The highest BCUT2D eigenvalue weighted by atomic mass is 16.5. The van der Waals surface area contributed by atoms with Crippen molar-refractivity contribution in [2.75, 3.05) is 6.61 Å². The lowest BCUT2D eigenvalue weighted by Gasteiger charge is -2.18. The molecule has 2 heterocycles. The van der Waals surface area contributed by atoms with Gasteiger partial charge in [0.05, 0.1) is 6.54 Å². The molecule has 2 aromatic carbocycles. The van der Waals surface area contributed by atoms with Crippen molar-refractivity contribution in [1.82, 2.24) is 10.3 Å². The third kappa shape index (κ3) is 3.38. The van der Waals surface area contributed by atoms with Crippen LogP contribution < -0.4 is 14.8 Å². The number of hydrogen-bond acceptors (Lipinski definition) is 3. The Labute approximate surface area is 152 Å². The number of carbonyl (C=O) groups excluding carboxylic acids is 1. The number of amides is 1. The summed E-state index contributed by atoms with van der Waals surface area (Å²) in [6.45, 7) is 4.49. The Kier molecular flexibility index (Phi) is 4.07. The quantitative estimate of drug-likeness (QED) is 0.739. The van der Waals surface area contributed by atoms with Gasteiger partial charge in [-0.1, -0.05) is 30.3 Å². The van der Waals surface area contributed by atoms with Crippen LogP contribution in [0.5, 0.6) is 11.5 Å². The van der Waals surface area contributed by atoms with Gasteiger partial charge in [-0.2, -0.15) is 0 Å². The van der Waals surface area contributed by atoms with Gasteiger partial charge in [0.15, 0.2) is 18.1 Å². The lowest BCUT2D eigenvalue weighted by molar-refractivity contribution is -0.123. The highest BCUT2D eigenvalue weighted by molar-refractivity contribution is 5.81. The Bertz CT molecular complexity index is 926. The smallest absolute Gasteiger partial charge is 0.258 e. The minimum atomic E-state index is -0.236. The summed E-state index contributed by atoms with van der Waals surface area (Å²) in [6.07, 6.45) is 0.839. The number of benzene rings is 2. The van der Waals surface area contributed by atoms with E-state index in [1.165, 1.54) is 0 Å². The predicted octanol–water partition coefficient (Wildman–Crippen LogP) is 3.58. The molecular weight excluding hydrogens is 328 g/mol. The first kappa shape index (κ1) is 16.5. The summed E-state index contributed by atoms with van der Waals surface area (Å²) in [5, 5.41) is 4.01. The summed E-state index contributed by atoms with van der Waals surface area (Å²) in [6, 6.07) is 15.9. The molecule has 1 aliphatic heterocycles. The van der Waals surface area contributed by atoms with E-state index in [1.54, 1.807) is 0 Å². The Morgan fingerprint density at radius 1 is 1.23 bits per heavy atom. The van der Waals surface area contributed by atoms with Crippen molar-refractivity contribution in [3.63, 3.8) is 0 Å². The molecule has 0 atom stereocenters. The van der Waals surface area contributed by atoms with Gasteiger partial charge in [0.2, 0.25) is 0 Å². The first-order chi connectivity index (χ1) is 12.5. The van der Waals surface area contributed by atoms with Crippen molar-refractivity contribution in [1.29, 1.82) is 0 Å². The van der Waals surface area contributed by atoms with E-state index in [0.29, 0.717) is 12.3 Å². The van der Waals surface area contributed by atoms with Crippen molar-refractivity contribution in [3.8, 4) is 11.5 Å². The summed E-state index contributed by atoms with van der Waals surface area (Å²) < 4.78 is 11.7. The first-order valence-corrected chi connectivity index (χ1v) is 8.77. The molecule has 26 heavy (non-hydrogen) atoms. The van der Waals surface area contributed by atoms with Crippen LogP contribution >= 0.6 is 0 Å². The number of carbonyl (C=O) groups is 1. The molecule has 1 amide bonds. The van der Waals surface area contributed by atoms with Gasteiger partial charge in [-0.3, -0.25) is 4.79 Å². The highest BCUT2D eigenvalue weighted by Crippen LogP contribution is 2.41. The summed E-state index contributed by atoms with van der Waals surface area (Å²) >= 11 is 0. The summed E-state index contributed by atoms with van der Waals surface area (Å²) in [5.41, 5.74) is 2.91. The molecule has 0 radical (unpaired) electrons. The van der Waals surface area contributed by atoms with E-state index in [4.69, 9.17) is 9.47 Å². The van der Waals surface area contributed by atoms with Crippen LogP contribution in [0.25, 0.3) is 10.9 Å². The molecule has 134 valence electrons. The summed E-state index contributed by atoms with van der Waals surface area (Å²) in [5.74, 6) is 1.20. The molecular formula is C21H22N2O3. The first-order valence-electron chi connectivity index (χ1n) is 8.77. The molecule has 0 bridgehead atoms. The molecule has 5 heteroatoms. The number of rotatable bonds is 5. The number of fused-ring (bicyclic) bond motifs is 2. The molecule has 0 fully saturated rings. The number of para-hydroxylation sites is 2. The largest absolute Gasteiger partial charge is 0.483 e. The lowest BCUT2D eigenvalue weighted by Crippen LogP contribution is -2.28. The molecule has 2 N–H and O–H groups in total. The van der Waals surface area contributed by atoms with Crippen molar-refractivity contribution in [2.24, 2.45) is 0 Å². The van der Waals surface area contributed by atoms with Gasteiger partial charge in [-0.05, 0) is 37.4 Å². The van der Waals surface area contributed by atoms with E-state index in [2.05, 4.69) is 10.3 Å². The van der Waals surface area contributed by atoms with Gasteiger partial charge in [-0.25, -0.2) is 0 Å². The van der Waals surface area contributed by atoms with Crippen LogP contribution in [-0.4, -0.2) is 23.1 Å². The minimum Gasteiger partial charge on any atom is -0.483 e. The average molecular weight is 350 g/mol.